The monoisotopic (exact) mass is 364 g/mol. The minimum absolute atomic E-state index is 0.156. The molecule has 7 heteroatoms. The van der Waals surface area contributed by atoms with Crippen molar-refractivity contribution in [3.8, 4) is 0 Å². The fourth-order valence-corrected chi connectivity index (χ4v) is 3.70. The van der Waals surface area contributed by atoms with Gasteiger partial charge in [0.25, 0.3) is 0 Å². The van der Waals surface area contributed by atoms with E-state index in [4.69, 9.17) is 0 Å². The molecule has 1 N–H and O–H groups in total. The summed E-state index contributed by atoms with van der Waals surface area (Å²) in [6.45, 7) is 3.37. The van der Waals surface area contributed by atoms with Gasteiger partial charge in [-0.15, -0.1) is 10.2 Å². The Balaban J connectivity index is 1.39. The molecule has 0 saturated carbocycles. The van der Waals surface area contributed by atoms with E-state index in [1.54, 1.807) is 6.20 Å². The van der Waals surface area contributed by atoms with E-state index in [-0.39, 0.29) is 11.9 Å². The summed E-state index contributed by atoms with van der Waals surface area (Å²) in [4.78, 5) is 14.5. The van der Waals surface area contributed by atoms with Crippen LogP contribution >= 0.6 is 0 Å². The predicted octanol–water partition coefficient (Wildman–Crippen LogP) is 2.32. The second-order valence-corrected chi connectivity index (χ2v) is 7.12. The Morgan fingerprint density at radius 2 is 2.00 bits per heavy atom. The fraction of sp³-hybridized carbons (Fsp3) is 0.400. The first-order valence-corrected chi connectivity index (χ1v) is 9.42. The Kier molecular flexibility index (Phi) is 5.00. The third-order valence-electron chi connectivity index (χ3n) is 5.11. The van der Waals surface area contributed by atoms with Gasteiger partial charge in [-0.25, -0.2) is 0 Å². The number of hydrogen-bond donors (Lipinski definition) is 1. The average molecular weight is 364 g/mol. The van der Waals surface area contributed by atoms with E-state index in [1.165, 1.54) is 5.56 Å². The number of nitrogens with one attached hydrogen (secondary N) is 1. The molecule has 0 radical (unpaired) electrons. The van der Waals surface area contributed by atoms with Gasteiger partial charge in [0.15, 0.2) is 5.82 Å². The molecule has 27 heavy (non-hydrogen) atoms. The second kappa shape index (κ2) is 7.73. The van der Waals surface area contributed by atoms with Gasteiger partial charge in [0.05, 0.1) is 18.8 Å². The average Bonchev–Trinajstić information content (AvgIpc) is 3.35. The van der Waals surface area contributed by atoms with Gasteiger partial charge in [0.2, 0.25) is 5.91 Å². The molecule has 0 saturated heterocycles. The number of carbonyl (C=O) groups excluding carboxylic acids is 1. The standard InChI is InChI=1S/C20H24N6O/c1-15-13-25(20(27)10-8-17-11-21-22-12-17)14-19-24-23-18(26(15)19)9-7-16-5-3-2-4-6-16/h2-6,11-12,15H,7-10,13-14H2,1H3,(H,21,22)/t15-/m0/s1. The molecule has 1 atom stereocenters. The van der Waals surface area contributed by atoms with Gasteiger partial charge in [-0.1, -0.05) is 30.3 Å². The second-order valence-electron chi connectivity index (χ2n) is 7.12. The molecule has 0 unspecified atom stereocenters. The van der Waals surface area contributed by atoms with Crippen LogP contribution in [0.5, 0.6) is 0 Å². The molecule has 7 nitrogen and oxygen atoms in total. The lowest BCUT2D eigenvalue weighted by atomic mass is 10.1. The number of carbonyl (C=O) groups is 1. The van der Waals surface area contributed by atoms with Crippen LogP contribution < -0.4 is 0 Å². The van der Waals surface area contributed by atoms with Gasteiger partial charge < -0.3 is 9.47 Å². The Morgan fingerprint density at radius 1 is 1.15 bits per heavy atom. The number of rotatable bonds is 6. The highest BCUT2D eigenvalue weighted by Crippen LogP contribution is 2.23. The molecular weight excluding hydrogens is 340 g/mol. The number of benzene rings is 1. The van der Waals surface area contributed by atoms with Crippen molar-refractivity contribution >= 4 is 5.91 Å². The summed E-state index contributed by atoms with van der Waals surface area (Å²) in [6.07, 6.45) is 6.59. The van der Waals surface area contributed by atoms with Gasteiger partial charge in [-0.3, -0.25) is 9.89 Å². The van der Waals surface area contributed by atoms with Crippen molar-refractivity contribution in [1.29, 1.82) is 0 Å². The summed E-state index contributed by atoms with van der Waals surface area (Å²) >= 11 is 0. The quantitative estimate of drug-likeness (QED) is 0.728. The SMILES string of the molecule is C[C@H]1CN(C(=O)CCc2cn[nH]c2)Cc2nnc(CCc3ccccc3)n21. The van der Waals surface area contributed by atoms with E-state index in [2.05, 4.69) is 56.2 Å². The highest BCUT2D eigenvalue weighted by Gasteiger charge is 2.28. The number of fused-ring (bicyclic) bond motifs is 1. The van der Waals surface area contributed by atoms with Crippen molar-refractivity contribution in [3.63, 3.8) is 0 Å². The molecule has 4 rings (SSSR count). The van der Waals surface area contributed by atoms with E-state index < -0.39 is 0 Å². The van der Waals surface area contributed by atoms with Gasteiger partial charge in [-0.2, -0.15) is 5.10 Å². The number of aromatic nitrogens is 5. The lowest BCUT2D eigenvalue weighted by Crippen LogP contribution is -2.40. The van der Waals surface area contributed by atoms with E-state index in [1.807, 2.05) is 17.2 Å². The van der Waals surface area contributed by atoms with Crippen molar-refractivity contribution in [3.05, 3.63) is 65.5 Å². The third kappa shape index (κ3) is 3.92. The van der Waals surface area contributed by atoms with Crippen LogP contribution in [0.25, 0.3) is 0 Å². The highest BCUT2D eigenvalue weighted by molar-refractivity contribution is 5.76. The van der Waals surface area contributed by atoms with Gasteiger partial charge in [0, 0.05) is 25.6 Å². The van der Waals surface area contributed by atoms with Crippen LogP contribution in [0.3, 0.4) is 0 Å². The third-order valence-corrected chi connectivity index (χ3v) is 5.11. The summed E-state index contributed by atoms with van der Waals surface area (Å²) in [6, 6.07) is 10.6. The first-order valence-electron chi connectivity index (χ1n) is 9.42. The molecule has 2 aromatic heterocycles. The molecule has 3 aromatic rings. The first-order chi connectivity index (χ1) is 13.2. The zero-order valence-corrected chi connectivity index (χ0v) is 15.5. The van der Waals surface area contributed by atoms with Crippen LogP contribution in [0, 0.1) is 0 Å². The highest BCUT2D eigenvalue weighted by atomic mass is 16.2. The molecule has 0 fully saturated rings. The van der Waals surface area contributed by atoms with Crippen molar-refractivity contribution in [2.24, 2.45) is 0 Å². The number of nitrogens with zero attached hydrogens (tertiary/aromatic N) is 5. The Bertz CT molecular complexity index is 887. The summed E-state index contributed by atoms with van der Waals surface area (Å²) in [5, 5.41) is 15.5. The van der Waals surface area contributed by atoms with Gasteiger partial charge in [-0.05, 0) is 30.9 Å². The van der Waals surface area contributed by atoms with E-state index in [9.17, 15) is 4.79 Å². The lowest BCUT2D eigenvalue weighted by Gasteiger charge is -2.32. The lowest BCUT2D eigenvalue weighted by molar-refractivity contribution is -0.133. The summed E-state index contributed by atoms with van der Waals surface area (Å²) in [5.74, 6) is 2.04. The van der Waals surface area contributed by atoms with Crippen LogP contribution in [0.1, 0.15) is 42.2 Å². The van der Waals surface area contributed by atoms with Crippen molar-refractivity contribution in [1.82, 2.24) is 29.9 Å². The summed E-state index contributed by atoms with van der Waals surface area (Å²) in [5.41, 5.74) is 2.36. The topological polar surface area (TPSA) is 79.7 Å². The van der Waals surface area contributed by atoms with Crippen molar-refractivity contribution in [2.75, 3.05) is 6.54 Å². The summed E-state index contributed by atoms with van der Waals surface area (Å²) < 4.78 is 2.21. The Hall–Kier alpha value is -2.96. The molecular formula is C20H24N6O. The fourth-order valence-electron chi connectivity index (χ4n) is 3.70. The molecule has 1 amide bonds. The summed E-state index contributed by atoms with van der Waals surface area (Å²) in [7, 11) is 0. The minimum Gasteiger partial charge on any atom is -0.333 e. The minimum atomic E-state index is 0.156. The van der Waals surface area contributed by atoms with Crippen LogP contribution in [-0.2, 0) is 30.6 Å². The molecule has 1 aromatic carbocycles. The number of H-pyrrole nitrogens is 1. The maximum absolute atomic E-state index is 12.6. The number of aromatic amines is 1. The van der Waals surface area contributed by atoms with E-state index in [0.29, 0.717) is 25.9 Å². The number of amides is 1. The zero-order chi connectivity index (χ0) is 18.6. The molecule has 1 aliphatic heterocycles. The van der Waals surface area contributed by atoms with E-state index in [0.717, 1.165) is 30.1 Å². The van der Waals surface area contributed by atoms with Crippen LogP contribution in [0.15, 0.2) is 42.7 Å². The number of hydrogen-bond acceptors (Lipinski definition) is 4. The number of aryl methyl sites for hydroxylation is 3. The smallest absolute Gasteiger partial charge is 0.223 e. The van der Waals surface area contributed by atoms with Crippen molar-refractivity contribution in [2.45, 2.75) is 45.2 Å². The van der Waals surface area contributed by atoms with Crippen molar-refractivity contribution < 1.29 is 4.79 Å². The van der Waals surface area contributed by atoms with E-state index >= 15 is 0 Å². The van der Waals surface area contributed by atoms with Crippen LogP contribution in [0.2, 0.25) is 0 Å². The molecule has 140 valence electrons. The predicted molar refractivity (Wildman–Crippen MR) is 101 cm³/mol. The maximum atomic E-state index is 12.6. The van der Waals surface area contributed by atoms with Crippen LogP contribution in [-0.4, -0.2) is 42.3 Å². The molecule has 0 bridgehead atoms. The molecule has 1 aliphatic rings. The van der Waals surface area contributed by atoms with Gasteiger partial charge >= 0.3 is 0 Å². The normalized spacial score (nSPS) is 16.3. The molecule has 3 heterocycles. The maximum Gasteiger partial charge on any atom is 0.223 e. The molecule has 0 aliphatic carbocycles. The van der Waals surface area contributed by atoms with Crippen LogP contribution in [0.4, 0.5) is 0 Å². The zero-order valence-electron chi connectivity index (χ0n) is 15.5. The Labute approximate surface area is 158 Å². The molecule has 0 spiro atoms. The first kappa shape index (κ1) is 17.5. The largest absolute Gasteiger partial charge is 0.333 e. The van der Waals surface area contributed by atoms with Gasteiger partial charge in [0.1, 0.15) is 5.82 Å². The Morgan fingerprint density at radius 3 is 2.78 bits per heavy atom.